The molecule has 1 unspecified atom stereocenters. The number of nitrogens with one attached hydrogen (secondary N) is 1. The number of methoxy groups -OCH3 is 1. The van der Waals surface area contributed by atoms with Gasteiger partial charge in [-0.15, -0.1) is 0 Å². The summed E-state index contributed by atoms with van der Waals surface area (Å²) in [5.41, 5.74) is 7.12. The highest BCUT2D eigenvalue weighted by Gasteiger charge is 2.20. The predicted octanol–water partition coefficient (Wildman–Crippen LogP) is 3.92. The number of aromatic nitrogens is 2. The number of piperidine rings is 1. The molecule has 1 aliphatic heterocycles. The topological polar surface area (TPSA) is 67.3 Å². The number of nitrogens with zero attached hydrogens (tertiary/aromatic N) is 2. The van der Waals surface area contributed by atoms with Crippen LogP contribution in [0.15, 0.2) is 30.3 Å². The van der Waals surface area contributed by atoms with Crippen LogP contribution in [0.3, 0.4) is 0 Å². The SMILES string of the molecule is COc1cc(C)cc(C)c1-c1ccc2c(CCO)cc(C3CCCNC3)nc2n1. The van der Waals surface area contributed by atoms with Gasteiger partial charge >= 0.3 is 0 Å². The lowest BCUT2D eigenvalue weighted by molar-refractivity contribution is 0.300. The Balaban J connectivity index is 1.86. The molecule has 1 saturated heterocycles. The lowest BCUT2D eigenvalue weighted by Crippen LogP contribution is -2.29. The highest BCUT2D eigenvalue weighted by atomic mass is 16.5. The maximum Gasteiger partial charge on any atom is 0.160 e. The van der Waals surface area contributed by atoms with Gasteiger partial charge in [-0.3, -0.25) is 0 Å². The van der Waals surface area contributed by atoms with E-state index in [-0.39, 0.29) is 6.61 Å². The van der Waals surface area contributed by atoms with Gasteiger partial charge in [0, 0.05) is 35.7 Å². The first-order valence-corrected chi connectivity index (χ1v) is 10.4. The molecule has 0 saturated carbocycles. The summed E-state index contributed by atoms with van der Waals surface area (Å²) in [6.45, 7) is 6.30. The van der Waals surface area contributed by atoms with Crippen LogP contribution in [0.5, 0.6) is 5.75 Å². The van der Waals surface area contributed by atoms with Crippen LogP contribution in [0.4, 0.5) is 0 Å². The van der Waals surface area contributed by atoms with Crippen LogP contribution in [0.2, 0.25) is 0 Å². The number of aliphatic hydroxyl groups is 1. The molecule has 0 bridgehead atoms. The molecule has 152 valence electrons. The normalized spacial score (nSPS) is 16.9. The van der Waals surface area contributed by atoms with Crippen molar-refractivity contribution < 1.29 is 9.84 Å². The van der Waals surface area contributed by atoms with Crippen LogP contribution in [0, 0.1) is 13.8 Å². The second kappa shape index (κ2) is 8.47. The third-order valence-electron chi connectivity index (χ3n) is 5.79. The van der Waals surface area contributed by atoms with Crippen LogP contribution < -0.4 is 10.1 Å². The Morgan fingerprint density at radius 1 is 1.17 bits per heavy atom. The lowest BCUT2D eigenvalue weighted by Gasteiger charge is -2.23. The van der Waals surface area contributed by atoms with Gasteiger partial charge in [0.15, 0.2) is 5.65 Å². The van der Waals surface area contributed by atoms with Crippen LogP contribution in [0.1, 0.15) is 41.1 Å². The average Bonchev–Trinajstić information content (AvgIpc) is 2.73. The lowest BCUT2D eigenvalue weighted by atomic mass is 9.93. The molecule has 5 nitrogen and oxygen atoms in total. The third kappa shape index (κ3) is 3.98. The molecule has 5 heteroatoms. The van der Waals surface area contributed by atoms with Gasteiger partial charge in [-0.05, 0) is 80.6 Å². The first-order valence-electron chi connectivity index (χ1n) is 10.4. The van der Waals surface area contributed by atoms with Gasteiger partial charge in [0.05, 0.1) is 12.8 Å². The zero-order valence-corrected chi connectivity index (χ0v) is 17.5. The van der Waals surface area contributed by atoms with Crippen LogP contribution in [0.25, 0.3) is 22.3 Å². The molecule has 0 radical (unpaired) electrons. The van der Waals surface area contributed by atoms with Crippen molar-refractivity contribution in [3.63, 3.8) is 0 Å². The fourth-order valence-corrected chi connectivity index (χ4v) is 4.39. The smallest absolute Gasteiger partial charge is 0.160 e. The minimum atomic E-state index is 0.119. The van der Waals surface area contributed by atoms with E-state index < -0.39 is 0 Å². The van der Waals surface area contributed by atoms with E-state index >= 15 is 0 Å². The van der Waals surface area contributed by atoms with Crippen molar-refractivity contribution >= 4 is 11.0 Å². The zero-order chi connectivity index (χ0) is 20.4. The summed E-state index contributed by atoms with van der Waals surface area (Å²) in [5, 5.41) is 14.1. The molecule has 0 amide bonds. The van der Waals surface area contributed by atoms with E-state index in [1.807, 2.05) is 12.1 Å². The van der Waals surface area contributed by atoms with Crippen molar-refractivity contribution in [2.75, 3.05) is 26.8 Å². The summed E-state index contributed by atoms with van der Waals surface area (Å²) >= 11 is 0. The Morgan fingerprint density at radius 3 is 2.76 bits per heavy atom. The fraction of sp³-hybridized carbons (Fsp3) is 0.417. The highest BCUT2D eigenvalue weighted by molar-refractivity contribution is 5.83. The summed E-state index contributed by atoms with van der Waals surface area (Å²) in [6.07, 6.45) is 2.90. The van der Waals surface area contributed by atoms with Gasteiger partial charge in [0.2, 0.25) is 0 Å². The van der Waals surface area contributed by atoms with Gasteiger partial charge in [-0.25, -0.2) is 9.97 Å². The van der Waals surface area contributed by atoms with E-state index in [4.69, 9.17) is 14.7 Å². The largest absolute Gasteiger partial charge is 0.496 e. The third-order valence-corrected chi connectivity index (χ3v) is 5.79. The quantitative estimate of drug-likeness (QED) is 0.690. The number of benzene rings is 1. The summed E-state index contributed by atoms with van der Waals surface area (Å²) in [6, 6.07) is 10.5. The molecule has 1 fully saturated rings. The second-order valence-corrected chi connectivity index (χ2v) is 7.95. The molecule has 1 atom stereocenters. The summed E-state index contributed by atoms with van der Waals surface area (Å²) in [5.74, 6) is 1.23. The molecule has 3 aromatic rings. The molecule has 0 aliphatic carbocycles. The van der Waals surface area contributed by atoms with Gasteiger partial charge in [0.1, 0.15) is 5.75 Å². The number of aryl methyl sites for hydroxylation is 2. The minimum absolute atomic E-state index is 0.119. The predicted molar refractivity (Wildman–Crippen MR) is 117 cm³/mol. The molecule has 1 aliphatic rings. The maximum atomic E-state index is 9.57. The van der Waals surface area contributed by atoms with E-state index in [1.165, 1.54) is 5.56 Å². The standard InChI is InChI=1S/C24H29N3O2/c1-15-11-16(2)23(22(12-15)29-3)20-7-6-19-17(8-10-28)13-21(27-24(19)26-20)18-5-4-9-25-14-18/h6-7,11-13,18,25,28H,4-5,8-10,14H2,1-3H3. The van der Waals surface area contributed by atoms with E-state index in [9.17, 15) is 5.11 Å². The van der Waals surface area contributed by atoms with E-state index in [0.717, 1.165) is 70.8 Å². The minimum Gasteiger partial charge on any atom is -0.496 e. The number of hydrogen-bond acceptors (Lipinski definition) is 5. The van der Waals surface area contributed by atoms with Gasteiger partial charge in [0.25, 0.3) is 0 Å². The fourth-order valence-electron chi connectivity index (χ4n) is 4.39. The Kier molecular flexibility index (Phi) is 5.79. The molecule has 2 N–H and O–H groups in total. The maximum absolute atomic E-state index is 9.57. The number of fused-ring (bicyclic) bond motifs is 1. The van der Waals surface area contributed by atoms with Crippen molar-refractivity contribution in [2.45, 2.75) is 39.0 Å². The van der Waals surface area contributed by atoms with Gasteiger partial charge < -0.3 is 15.2 Å². The number of ether oxygens (including phenoxy) is 1. The van der Waals surface area contributed by atoms with Crippen molar-refractivity contribution in [1.29, 1.82) is 0 Å². The Hall–Kier alpha value is -2.50. The number of rotatable bonds is 5. The van der Waals surface area contributed by atoms with Crippen molar-refractivity contribution in [3.05, 3.63) is 52.7 Å². The first kappa shape index (κ1) is 19.8. The molecule has 2 aromatic heterocycles. The Labute approximate surface area is 172 Å². The van der Waals surface area contributed by atoms with Crippen molar-refractivity contribution in [1.82, 2.24) is 15.3 Å². The van der Waals surface area contributed by atoms with Gasteiger partial charge in [-0.2, -0.15) is 0 Å². The van der Waals surface area contributed by atoms with E-state index in [0.29, 0.717) is 12.3 Å². The average molecular weight is 392 g/mol. The molecular formula is C24H29N3O2. The number of pyridine rings is 2. The molecular weight excluding hydrogens is 362 g/mol. The van der Waals surface area contributed by atoms with Gasteiger partial charge in [-0.1, -0.05) is 6.07 Å². The zero-order valence-electron chi connectivity index (χ0n) is 17.5. The Morgan fingerprint density at radius 2 is 2.03 bits per heavy atom. The van der Waals surface area contributed by atoms with Crippen molar-refractivity contribution in [3.8, 4) is 17.0 Å². The summed E-state index contributed by atoms with van der Waals surface area (Å²) in [7, 11) is 1.70. The second-order valence-electron chi connectivity index (χ2n) is 7.95. The van der Waals surface area contributed by atoms with Crippen LogP contribution in [-0.4, -0.2) is 41.9 Å². The monoisotopic (exact) mass is 391 g/mol. The first-order chi connectivity index (χ1) is 14.1. The number of aliphatic hydroxyl groups excluding tert-OH is 1. The van der Waals surface area contributed by atoms with Crippen LogP contribution in [-0.2, 0) is 6.42 Å². The Bertz CT molecular complexity index is 1030. The molecule has 0 spiro atoms. The van der Waals surface area contributed by atoms with E-state index in [1.54, 1.807) is 7.11 Å². The highest BCUT2D eigenvalue weighted by Crippen LogP contribution is 2.35. The van der Waals surface area contributed by atoms with Crippen molar-refractivity contribution in [2.24, 2.45) is 0 Å². The number of hydrogen-bond donors (Lipinski definition) is 2. The molecule has 1 aromatic carbocycles. The molecule has 3 heterocycles. The van der Waals surface area contributed by atoms with Crippen LogP contribution >= 0.6 is 0 Å². The summed E-state index contributed by atoms with van der Waals surface area (Å²) < 4.78 is 5.65. The van der Waals surface area contributed by atoms with E-state index in [2.05, 4.69) is 37.4 Å². The molecule has 29 heavy (non-hydrogen) atoms. The molecule has 4 rings (SSSR count). The summed E-state index contributed by atoms with van der Waals surface area (Å²) in [4.78, 5) is 9.91.